The Morgan fingerprint density at radius 3 is 2.81 bits per heavy atom. The lowest BCUT2D eigenvalue weighted by atomic mass is 10.1. The SMILES string of the molecule is Cc1ccc(O)c(CNCc2cccc3cccnc23)n1. The number of pyridine rings is 2. The monoisotopic (exact) mass is 279 g/mol. The molecule has 0 bridgehead atoms. The molecule has 3 aromatic rings. The van der Waals surface area contributed by atoms with E-state index in [0.29, 0.717) is 18.8 Å². The zero-order valence-electron chi connectivity index (χ0n) is 11.9. The van der Waals surface area contributed by atoms with Gasteiger partial charge in [0.15, 0.2) is 0 Å². The maximum absolute atomic E-state index is 9.79. The normalized spacial score (nSPS) is 10.9. The van der Waals surface area contributed by atoms with Gasteiger partial charge >= 0.3 is 0 Å². The standard InChI is InChI=1S/C17H17N3O/c1-12-7-8-16(21)15(20-12)11-18-10-14-5-2-4-13-6-3-9-19-17(13)14/h2-9,18,21H,10-11H2,1H3. The van der Waals surface area contributed by atoms with Gasteiger partial charge < -0.3 is 10.4 Å². The van der Waals surface area contributed by atoms with Crippen LogP contribution in [-0.2, 0) is 13.1 Å². The highest BCUT2D eigenvalue weighted by molar-refractivity contribution is 5.81. The van der Waals surface area contributed by atoms with Crippen LogP contribution in [0.5, 0.6) is 5.75 Å². The van der Waals surface area contributed by atoms with E-state index in [1.165, 1.54) is 0 Å². The van der Waals surface area contributed by atoms with E-state index >= 15 is 0 Å². The van der Waals surface area contributed by atoms with Gasteiger partial charge in [-0.2, -0.15) is 0 Å². The van der Waals surface area contributed by atoms with E-state index in [1.807, 2.05) is 19.1 Å². The molecule has 2 N–H and O–H groups in total. The third-order valence-corrected chi connectivity index (χ3v) is 3.41. The molecular formula is C17H17N3O. The van der Waals surface area contributed by atoms with Crippen molar-refractivity contribution in [3.63, 3.8) is 0 Å². The van der Waals surface area contributed by atoms with Crippen LogP contribution in [0.15, 0.2) is 48.7 Å². The number of para-hydroxylation sites is 1. The first-order chi connectivity index (χ1) is 10.2. The molecule has 2 heterocycles. The third kappa shape index (κ3) is 3.01. The summed E-state index contributed by atoms with van der Waals surface area (Å²) in [6.45, 7) is 3.12. The second-order valence-corrected chi connectivity index (χ2v) is 5.01. The van der Waals surface area contributed by atoms with Crippen molar-refractivity contribution in [2.24, 2.45) is 0 Å². The van der Waals surface area contributed by atoms with Gasteiger partial charge in [0.25, 0.3) is 0 Å². The van der Waals surface area contributed by atoms with Crippen LogP contribution in [-0.4, -0.2) is 15.1 Å². The topological polar surface area (TPSA) is 58.0 Å². The van der Waals surface area contributed by atoms with Gasteiger partial charge in [0, 0.05) is 30.4 Å². The fourth-order valence-corrected chi connectivity index (χ4v) is 2.36. The molecule has 0 radical (unpaired) electrons. The summed E-state index contributed by atoms with van der Waals surface area (Å²) in [6, 6.07) is 13.6. The zero-order chi connectivity index (χ0) is 14.7. The van der Waals surface area contributed by atoms with Gasteiger partial charge in [-0.25, -0.2) is 0 Å². The Labute approximate surface area is 123 Å². The van der Waals surface area contributed by atoms with Crippen molar-refractivity contribution < 1.29 is 5.11 Å². The van der Waals surface area contributed by atoms with Crippen molar-refractivity contribution in [1.82, 2.24) is 15.3 Å². The number of aromatic hydroxyl groups is 1. The summed E-state index contributed by atoms with van der Waals surface area (Å²) >= 11 is 0. The van der Waals surface area contributed by atoms with E-state index < -0.39 is 0 Å². The van der Waals surface area contributed by atoms with Gasteiger partial charge in [-0.05, 0) is 30.7 Å². The molecule has 0 aliphatic carbocycles. The quantitative estimate of drug-likeness (QED) is 0.771. The number of benzene rings is 1. The molecule has 2 aromatic heterocycles. The summed E-state index contributed by atoms with van der Waals surface area (Å²) in [7, 11) is 0. The van der Waals surface area contributed by atoms with Crippen LogP contribution in [0.25, 0.3) is 10.9 Å². The molecule has 0 saturated heterocycles. The molecule has 0 aliphatic heterocycles. The number of hydrogen-bond acceptors (Lipinski definition) is 4. The first kappa shape index (κ1) is 13.5. The molecule has 21 heavy (non-hydrogen) atoms. The predicted octanol–water partition coefficient (Wildman–Crippen LogP) is 2.93. The molecule has 0 amide bonds. The number of aryl methyl sites for hydroxylation is 1. The van der Waals surface area contributed by atoms with E-state index in [9.17, 15) is 5.11 Å². The number of fused-ring (bicyclic) bond motifs is 1. The molecule has 0 saturated carbocycles. The molecule has 4 heteroatoms. The highest BCUT2D eigenvalue weighted by Crippen LogP contribution is 2.17. The minimum atomic E-state index is 0.226. The summed E-state index contributed by atoms with van der Waals surface area (Å²) in [5.41, 5.74) is 3.72. The Morgan fingerprint density at radius 1 is 1.05 bits per heavy atom. The van der Waals surface area contributed by atoms with Crippen molar-refractivity contribution in [3.8, 4) is 5.75 Å². The second kappa shape index (κ2) is 5.89. The lowest BCUT2D eigenvalue weighted by Crippen LogP contribution is -2.14. The van der Waals surface area contributed by atoms with Gasteiger partial charge in [0.2, 0.25) is 0 Å². The van der Waals surface area contributed by atoms with Gasteiger partial charge in [-0.3, -0.25) is 9.97 Å². The summed E-state index contributed by atoms with van der Waals surface area (Å²) in [5.74, 6) is 0.226. The van der Waals surface area contributed by atoms with Crippen LogP contribution < -0.4 is 5.32 Å². The lowest BCUT2D eigenvalue weighted by molar-refractivity contribution is 0.459. The van der Waals surface area contributed by atoms with Crippen molar-refractivity contribution in [1.29, 1.82) is 0 Å². The summed E-state index contributed by atoms with van der Waals surface area (Å²) in [6.07, 6.45) is 1.81. The first-order valence-corrected chi connectivity index (χ1v) is 6.93. The maximum atomic E-state index is 9.79. The predicted molar refractivity (Wildman–Crippen MR) is 82.9 cm³/mol. The fraction of sp³-hybridized carbons (Fsp3) is 0.176. The van der Waals surface area contributed by atoms with E-state index in [4.69, 9.17) is 0 Å². The van der Waals surface area contributed by atoms with Gasteiger partial charge in [-0.15, -0.1) is 0 Å². The smallest absolute Gasteiger partial charge is 0.138 e. The molecule has 106 valence electrons. The zero-order valence-corrected chi connectivity index (χ0v) is 11.9. The second-order valence-electron chi connectivity index (χ2n) is 5.01. The lowest BCUT2D eigenvalue weighted by Gasteiger charge is -2.09. The van der Waals surface area contributed by atoms with Gasteiger partial charge in [0.1, 0.15) is 5.75 Å². The number of aromatic nitrogens is 2. The first-order valence-electron chi connectivity index (χ1n) is 6.93. The van der Waals surface area contributed by atoms with E-state index in [1.54, 1.807) is 18.3 Å². The van der Waals surface area contributed by atoms with Crippen molar-refractivity contribution in [2.45, 2.75) is 20.0 Å². The minimum absolute atomic E-state index is 0.226. The molecule has 0 spiro atoms. The Balaban J connectivity index is 1.74. The van der Waals surface area contributed by atoms with Gasteiger partial charge in [0.05, 0.1) is 11.2 Å². The Kier molecular flexibility index (Phi) is 3.79. The highest BCUT2D eigenvalue weighted by atomic mass is 16.3. The summed E-state index contributed by atoms with van der Waals surface area (Å²) < 4.78 is 0. The van der Waals surface area contributed by atoms with E-state index in [0.717, 1.165) is 22.2 Å². The Bertz CT molecular complexity index is 766. The molecule has 0 fully saturated rings. The minimum Gasteiger partial charge on any atom is -0.506 e. The molecule has 1 aromatic carbocycles. The van der Waals surface area contributed by atoms with Crippen LogP contribution in [0.2, 0.25) is 0 Å². The van der Waals surface area contributed by atoms with E-state index in [2.05, 4.69) is 33.5 Å². The number of hydrogen-bond donors (Lipinski definition) is 2. The van der Waals surface area contributed by atoms with E-state index in [-0.39, 0.29) is 5.75 Å². The molecule has 0 atom stereocenters. The van der Waals surface area contributed by atoms with Crippen LogP contribution in [0.1, 0.15) is 17.0 Å². The Hall–Kier alpha value is -2.46. The van der Waals surface area contributed by atoms with Crippen LogP contribution in [0.4, 0.5) is 0 Å². The largest absolute Gasteiger partial charge is 0.506 e. The van der Waals surface area contributed by atoms with Crippen LogP contribution >= 0.6 is 0 Å². The molecular weight excluding hydrogens is 262 g/mol. The van der Waals surface area contributed by atoms with Gasteiger partial charge in [-0.1, -0.05) is 24.3 Å². The molecule has 0 unspecified atom stereocenters. The van der Waals surface area contributed by atoms with Crippen LogP contribution in [0.3, 0.4) is 0 Å². The molecule has 3 rings (SSSR count). The highest BCUT2D eigenvalue weighted by Gasteiger charge is 2.05. The van der Waals surface area contributed by atoms with Crippen molar-refractivity contribution in [2.75, 3.05) is 0 Å². The third-order valence-electron chi connectivity index (χ3n) is 3.41. The Morgan fingerprint density at radius 2 is 1.90 bits per heavy atom. The van der Waals surface area contributed by atoms with Crippen LogP contribution in [0, 0.1) is 6.92 Å². The summed E-state index contributed by atoms with van der Waals surface area (Å²) in [5, 5.41) is 14.2. The number of rotatable bonds is 4. The fourth-order valence-electron chi connectivity index (χ4n) is 2.36. The number of nitrogens with zero attached hydrogens (tertiary/aromatic N) is 2. The average Bonchev–Trinajstić information content (AvgIpc) is 2.51. The number of nitrogens with one attached hydrogen (secondary N) is 1. The van der Waals surface area contributed by atoms with Crippen molar-refractivity contribution >= 4 is 10.9 Å². The molecule has 4 nitrogen and oxygen atoms in total. The summed E-state index contributed by atoms with van der Waals surface area (Å²) in [4.78, 5) is 8.77. The maximum Gasteiger partial charge on any atom is 0.138 e. The molecule has 0 aliphatic rings. The van der Waals surface area contributed by atoms with Crippen molar-refractivity contribution in [3.05, 3.63) is 65.6 Å². The average molecular weight is 279 g/mol.